The number of amides is 1. The summed E-state index contributed by atoms with van der Waals surface area (Å²) >= 11 is 0. The molecule has 0 aliphatic carbocycles. The average molecular weight is 423 g/mol. The van der Waals surface area contributed by atoms with Crippen molar-refractivity contribution in [3.05, 3.63) is 65.5 Å². The molecule has 6 nitrogen and oxygen atoms in total. The van der Waals surface area contributed by atoms with Gasteiger partial charge >= 0.3 is 0 Å². The number of carbonyl (C=O) groups excluding carboxylic acids is 1. The molecule has 0 aromatic heterocycles. The fraction of sp³-hybridized carbons (Fsp3) is 0.381. The number of aryl methyl sites for hydroxylation is 1. The van der Waals surface area contributed by atoms with Gasteiger partial charge in [-0.05, 0) is 30.2 Å². The second-order valence-electron chi connectivity index (χ2n) is 6.71. The minimum absolute atomic E-state index is 0.209. The minimum atomic E-state index is -3.68. The zero-order chi connectivity index (χ0) is 21.3. The molecular weight excluding hydrogens is 395 g/mol. The molecule has 0 saturated heterocycles. The first kappa shape index (κ1) is 22.8. The van der Waals surface area contributed by atoms with Gasteiger partial charge in [0.05, 0.1) is 19.3 Å². The summed E-state index contributed by atoms with van der Waals surface area (Å²) < 4.78 is 44.3. The van der Waals surface area contributed by atoms with Gasteiger partial charge in [0.1, 0.15) is 18.2 Å². The molecule has 1 amide bonds. The van der Waals surface area contributed by atoms with E-state index < -0.39 is 21.7 Å². The highest BCUT2D eigenvalue weighted by molar-refractivity contribution is 7.88. The highest BCUT2D eigenvalue weighted by atomic mass is 32.2. The van der Waals surface area contributed by atoms with Crippen molar-refractivity contribution in [2.45, 2.75) is 26.3 Å². The summed E-state index contributed by atoms with van der Waals surface area (Å²) in [4.78, 5) is 12.1. The Kier molecular flexibility index (Phi) is 8.60. The van der Waals surface area contributed by atoms with Gasteiger partial charge in [0.25, 0.3) is 0 Å². The third-order valence-electron chi connectivity index (χ3n) is 4.25. The minimum Gasteiger partial charge on any atom is -0.492 e. The summed E-state index contributed by atoms with van der Waals surface area (Å²) in [6, 6.07) is 13.7. The summed E-state index contributed by atoms with van der Waals surface area (Å²) in [5, 5.41) is 2.62. The van der Waals surface area contributed by atoms with Crippen LogP contribution in [0.15, 0.2) is 48.5 Å². The quantitative estimate of drug-likeness (QED) is 0.565. The number of benzene rings is 2. The average Bonchev–Trinajstić information content (AvgIpc) is 2.67. The van der Waals surface area contributed by atoms with Crippen LogP contribution in [-0.2, 0) is 27.8 Å². The van der Waals surface area contributed by atoms with Crippen molar-refractivity contribution < 1.29 is 22.3 Å². The lowest BCUT2D eigenvalue weighted by Crippen LogP contribution is -2.41. The lowest BCUT2D eigenvalue weighted by Gasteiger charge is -2.20. The zero-order valence-electron chi connectivity index (χ0n) is 16.7. The molecule has 29 heavy (non-hydrogen) atoms. The normalized spacial score (nSPS) is 11.4. The standard InChI is InChI=1S/C21H27FN2O4S/c1-3-6-17-9-11-19(12-10-17)28-14-13-23-21(25)16-24(29(2,26)27)15-18-7-4-5-8-20(18)22/h4-5,7-12H,3,6,13-16H2,1-2H3,(H,23,25). The fourth-order valence-electron chi connectivity index (χ4n) is 2.72. The van der Waals surface area contributed by atoms with E-state index in [2.05, 4.69) is 12.2 Å². The first-order valence-electron chi connectivity index (χ1n) is 9.46. The van der Waals surface area contributed by atoms with Gasteiger partial charge in [-0.25, -0.2) is 12.8 Å². The van der Waals surface area contributed by atoms with Crippen LogP contribution in [0.4, 0.5) is 4.39 Å². The number of carbonyl (C=O) groups is 1. The molecule has 0 fully saturated rings. The van der Waals surface area contributed by atoms with Gasteiger partial charge in [0.15, 0.2) is 0 Å². The maximum atomic E-state index is 13.8. The second-order valence-corrected chi connectivity index (χ2v) is 8.70. The smallest absolute Gasteiger partial charge is 0.235 e. The summed E-state index contributed by atoms with van der Waals surface area (Å²) in [6.07, 6.45) is 3.08. The van der Waals surface area contributed by atoms with E-state index in [0.29, 0.717) is 5.75 Å². The van der Waals surface area contributed by atoms with E-state index in [1.165, 1.54) is 23.8 Å². The van der Waals surface area contributed by atoms with Crippen LogP contribution in [0.25, 0.3) is 0 Å². The van der Waals surface area contributed by atoms with Gasteiger partial charge in [-0.1, -0.05) is 43.7 Å². The molecule has 0 radical (unpaired) electrons. The van der Waals surface area contributed by atoms with Crippen LogP contribution >= 0.6 is 0 Å². The molecule has 0 aliphatic rings. The number of nitrogens with zero attached hydrogens (tertiary/aromatic N) is 1. The number of hydrogen-bond acceptors (Lipinski definition) is 4. The van der Waals surface area contributed by atoms with Crippen molar-refractivity contribution in [1.29, 1.82) is 0 Å². The topological polar surface area (TPSA) is 75.7 Å². The monoisotopic (exact) mass is 422 g/mol. The molecule has 0 bridgehead atoms. The molecule has 1 N–H and O–H groups in total. The second kappa shape index (κ2) is 10.9. The van der Waals surface area contributed by atoms with Crippen molar-refractivity contribution in [2.75, 3.05) is 26.0 Å². The number of halogens is 1. The van der Waals surface area contributed by atoms with Gasteiger partial charge in [0.2, 0.25) is 15.9 Å². The number of rotatable bonds is 11. The van der Waals surface area contributed by atoms with Gasteiger partial charge in [-0.2, -0.15) is 4.31 Å². The Hall–Kier alpha value is -2.45. The maximum Gasteiger partial charge on any atom is 0.235 e. The lowest BCUT2D eigenvalue weighted by molar-refractivity contribution is -0.121. The molecule has 0 unspecified atom stereocenters. The van der Waals surface area contributed by atoms with Gasteiger partial charge in [0, 0.05) is 12.1 Å². The largest absolute Gasteiger partial charge is 0.492 e. The van der Waals surface area contributed by atoms with E-state index in [9.17, 15) is 17.6 Å². The Labute approximate surface area is 171 Å². The van der Waals surface area contributed by atoms with E-state index >= 15 is 0 Å². The zero-order valence-corrected chi connectivity index (χ0v) is 17.5. The van der Waals surface area contributed by atoms with Crippen LogP contribution in [0.5, 0.6) is 5.75 Å². The van der Waals surface area contributed by atoms with E-state index in [4.69, 9.17) is 4.74 Å². The molecule has 0 aliphatic heterocycles. The van der Waals surface area contributed by atoms with Crippen LogP contribution in [0.3, 0.4) is 0 Å². The van der Waals surface area contributed by atoms with Crippen LogP contribution in [0.1, 0.15) is 24.5 Å². The lowest BCUT2D eigenvalue weighted by atomic mass is 10.1. The third-order valence-corrected chi connectivity index (χ3v) is 5.44. The van der Waals surface area contributed by atoms with Crippen molar-refractivity contribution in [3.63, 3.8) is 0 Å². The van der Waals surface area contributed by atoms with E-state index in [-0.39, 0.29) is 31.8 Å². The van der Waals surface area contributed by atoms with Crippen LogP contribution in [0.2, 0.25) is 0 Å². The molecule has 2 rings (SSSR count). The summed E-state index contributed by atoms with van der Waals surface area (Å²) in [6.45, 7) is 2.00. The Morgan fingerprint density at radius 1 is 1.14 bits per heavy atom. The van der Waals surface area contributed by atoms with Crippen LogP contribution in [-0.4, -0.2) is 44.6 Å². The molecule has 2 aromatic rings. The molecule has 2 aromatic carbocycles. The number of sulfonamides is 1. The molecule has 0 atom stereocenters. The van der Waals surface area contributed by atoms with Crippen molar-refractivity contribution >= 4 is 15.9 Å². The van der Waals surface area contributed by atoms with Gasteiger partial charge in [-0.3, -0.25) is 4.79 Å². The van der Waals surface area contributed by atoms with Crippen molar-refractivity contribution in [3.8, 4) is 5.75 Å². The molecular formula is C21H27FN2O4S. The van der Waals surface area contributed by atoms with E-state index in [0.717, 1.165) is 23.4 Å². The first-order valence-corrected chi connectivity index (χ1v) is 11.3. The van der Waals surface area contributed by atoms with Crippen LogP contribution < -0.4 is 10.1 Å². The number of nitrogens with one attached hydrogen (secondary N) is 1. The molecule has 8 heteroatoms. The Morgan fingerprint density at radius 3 is 2.45 bits per heavy atom. The highest BCUT2D eigenvalue weighted by Crippen LogP contribution is 2.13. The Morgan fingerprint density at radius 2 is 1.83 bits per heavy atom. The van der Waals surface area contributed by atoms with Gasteiger partial charge < -0.3 is 10.1 Å². The van der Waals surface area contributed by atoms with E-state index in [1.54, 1.807) is 6.07 Å². The number of ether oxygens (including phenoxy) is 1. The predicted octanol–water partition coefficient (Wildman–Crippen LogP) is 2.74. The van der Waals surface area contributed by atoms with Crippen molar-refractivity contribution in [1.82, 2.24) is 9.62 Å². The van der Waals surface area contributed by atoms with Crippen LogP contribution in [0, 0.1) is 5.82 Å². The summed E-state index contributed by atoms with van der Waals surface area (Å²) in [5.41, 5.74) is 1.45. The molecule has 0 saturated carbocycles. The van der Waals surface area contributed by atoms with Crippen molar-refractivity contribution in [2.24, 2.45) is 0 Å². The number of hydrogen-bond donors (Lipinski definition) is 1. The summed E-state index contributed by atoms with van der Waals surface area (Å²) in [7, 11) is -3.68. The Balaban J connectivity index is 1.81. The van der Waals surface area contributed by atoms with Gasteiger partial charge in [-0.15, -0.1) is 0 Å². The maximum absolute atomic E-state index is 13.8. The van der Waals surface area contributed by atoms with E-state index in [1.807, 2.05) is 24.3 Å². The molecule has 0 heterocycles. The molecule has 0 spiro atoms. The fourth-order valence-corrected chi connectivity index (χ4v) is 3.45. The SMILES string of the molecule is CCCc1ccc(OCCNC(=O)CN(Cc2ccccc2F)S(C)(=O)=O)cc1. The third kappa shape index (κ3) is 7.83. The molecule has 158 valence electrons. The Bertz CT molecular complexity index is 901. The highest BCUT2D eigenvalue weighted by Gasteiger charge is 2.21. The first-order chi connectivity index (χ1) is 13.8. The predicted molar refractivity (Wildman–Crippen MR) is 111 cm³/mol. The summed E-state index contributed by atoms with van der Waals surface area (Å²) in [5.74, 6) is -0.287.